The molecule has 0 atom stereocenters. The van der Waals surface area contributed by atoms with Crippen molar-refractivity contribution in [2.45, 2.75) is 6.92 Å². The van der Waals surface area contributed by atoms with E-state index in [-0.39, 0.29) is 72.3 Å². The van der Waals surface area contributed by atoms with Crippen molar-refractivity contribution in [1.29, 1.82) is 0 Å². The molecule has 9 heteroatoms. The van der Waals surface area contributed by atoms with Gasteiger partial charge in [-0.05, 0) is 6.92 Å². The van der Waals surface area contributed by atoms with E-state index in [9.17, 15) is 14.4 Å². The van der Waals surface area contributed by atoms with Crippen LogP contribution in [-0.4, -0.2) is 33.0 Å². The predicted molar refractivity (Wildman–Crippen MR) is 40.9 cm³/mol. The van der Waals surface area contributed by atoms with Crippen molar-refractivity contribution in [3.05, 3.63) is 0 Å². The Morgan fingerprint density at radius 1 is 1.00 bits per heavy atom. The molecule has 0 rings (SSSR count). The van der Waals surface area contributed by atoms with Gasteiger partial charge in [0.25, 0.3) is 0 Å². The fourth-order valence-corrected chi connectivity index (χ4v) is 0.870. The molecule has 0 N–H and O–H groups in total. The van der Waals surface area contributed by atoms with Crippen LogP contribution in [0.5, 0.6) is 0 Å². The first-order valence-corrected chi connectivity index (χ1v) is 5.34. The number of rotatable bonds is 8. The van der Waals surface area contributed by atoms with E-state index in [4.69, 9.17) is 9.47 Å². The minimum absolute atomic E-state index is 0. The van der Waals surface area contributed by atoms with Crippen LogP contribution in [0, 0.1) is 0 Å². The molecule has 0 aromatic heterocycles. The molecule has 0 radical (unpaired) electrons. The maximum absolute atomic E-state index is 9.94. The van der Waals surface area contributed by atoms with Crippen molar-refractivity contribution in [2.75, 3.05) is 33.0 Å². The van der Waals surface area contributed by atoms with Gasteiger partial charge in [-0.25, -0.2) is 0 Å². The zero-order valence-corrected chi connectivity index (χ0v) is 14.3. The van der Waals surface area contributed by atoms with Gasteiger partial charge in [-0.3, -0.25) is 0 Å². The van der Waals surface area contributed by atoms with Crippen molar-refractivity contribution in [3.63, 3.8) is 0 Å². The van der Waals surface area contributed by atoms with Crippen LogP contribution >= 0.6 is 7.82 Å². The summed E-state index contributed by atoms with van der Waals surface area (Å²) in [5, 5.41) is 0. The monoisotopic (exact) mass is 258 g/mol. The van der Waals surface area contributed by atoms with Crippen molar-refractivity contribution >= 4 is 7.82 Å². The molecule has 0 aromatic rings. The molecule has 0 spiro atoms. The van der Waals surface area contributed by atoms with E-state index in [0.29, 0.717) is 19.8 Å². The zero-order valence-electron chi connectivity index (χ0n) is 9.43. The first kappa shape index (κ1) is 22.2. The van der Waals surface area contributed by atoms with Crippen LogP contribution in [0.15, 0.2) is 0 Å². The van der Waals surface area contributed by atoms with Crippen molar-refractivity contribution in [3.8, 4) is 0 Å². The van der Waals surface area contributed by atoms with Crippen LogP contribution in [0.2, 0.25) is 0 Å². The third-order valence-electron chi connectivity index (χ3n) is 1.05. The Morgan fingerprint density at radius 2 is 1.47 bits per heavy atom. The summed E-state index contributed by atoms with van der Waals surface area (Å²) in [7, 11) is -4.84. The van der Waals surface area contributed by atoms with E-state index >= 15 is 0 Å². The average Bonchev–Trinajstić information content (AvgIpc) is 2.01. The van der Waals surface area contributed by atoms with Gasteiger partial charge in [0.15, 0.2) is 0 Å². The molecule has 0 fully saturated rings. The third-order valence-corrected chi connectivity index (χ3v) is 1.55. The summed E-state index contributed by atoms with van der Waals surface area (Å²) in [4.78, 5) is 19.9. The second-order valence-electron chi connectivity index (χ2n) is 2.09. The molecule has 0 amide bonds. The molecular formula is C6H13Na2O6P. The van der Waals surface area contributed by atoms with Crippen LogP contribution in [-0.2, 0) is 18.6 Å². The smallest absolute Gasteiger partial charge is 0.790 e. The minimum Gasteiger partial charge on any atom is -0.790 e. The largest absolute Gasteiger partial charge is 1.00 e. The minimum atomic E-state index is -4.84. The molecular weight excluding hydrogens is 245 g/mol. The Bertz CT molecular complexity index is 164. The van der Waals surface area contributed by atoms with Gasteiger partial charge in [-0.1, -0.05) is 0 Å². The summed E-state index contributed by atoms with van der Waals surface area (Å²) in [6.07, 6.45) is 0. The molecule has 0 bridgehead atoms. The second kappa shape index (κ2) is 14.1. The third kappa shape index (κ3) is 21.8. The summed E-state index contributed by atoms with van der Waals surface area (Å²) >= 11 is 0. The molecule has 0 saturated carbocycles. The topological polar surface area (TPSA) is 90.9 Å². The van der Waals surface area contributed by atoms with Crippen molar-refractivity contribution < 1.29 is 87.5 Å². The normalized spacial score (nSPS) is 10.3. The standard InChI is InChI=1S/C6H15O6P.2Na/c1-2-10-3-4-11-5-6-12-13(7,8)9;;/h2-6H2,1H3,(H2,7,8,9);;/q;2*+1/p-2. The van der Waals surface area contributed by atoms with E-state index in [1.807, 2.05) is 6.92 Å². The van der Waals surface area contributed by atoms with E-state index in [0.717, 1.165) is 0 Å². The van der Waals surface area contributed by atoms with Gasteiger partial charge in [0, 0.05) is 6.61 Å². The summed E-state index contributed by atoms with van der Waals surface area (Å²) in [5.74, 6) is 0. The Labute approximate surface area is 134 Å². The van der Waals surface area contributed by atoms with Gasteiger partial charge in [0.05, 0.1) is 34.3 Å². The van der Waals surface area contributed by atoms with E-state index < -0.39 is 7.82 Å². The van der Waals surface area contributed by atoms with Gasteiger partial charge in [-0.15, -0.1) is 0 Å². The fourth-order valence-electron chi connectivity index (χ4n) is 0.572. The van der Waals surface area contributed by atoms with Crippen LogP contribution in [0.25, 0.3) is 0 Å². The summed E-state index contributed by atoms with van der Waals surface area (Å²) in [5.41, 5.74) is 0. The molecule has 80 valence electrons. The molecule has 0 aromatic carbocycles. The first-order chi connectivity index (χ1) is 6.06. The van der Waals surface area contributed by atoms with Gasteiger partial charge >= 0.3 is 59.1 Å². The first-order valence-electron chi connectivity index (χ1n) is 3.88. The van der Waals surface area contributed by atoms with Crippen LogP contribution in [0.4, 0.5) is 0 Å². The molecule has 0 aliphatic heterocycles. The SMILES string of the molecule is CCOCCOCCOP(=O)([O-])[O-].[Na+].[Na+]. The van der Waals surface area contributed by atoms with E-state index in [1.54, 1.807) is 0 Å². The average molecular weight is 258 g/mol. The number of phosphoric acid groups is 1. The number of hydrogen-bond donors (Lipinski definition) is 0. The maximum Gasteiger partial charge on any atom is 1.00 e. The van der Waals surface area contributed by atoms with Crippen molar-refractivity contribution in [2.24, 2.45) is 0 Å². The van der Waals surface area contributed by atoms with Gasteiger partial charge in [0.1, 0.15) is 0 Å². The van der Waals surface area contributed by atoms with Gasteiger partial charge in [0.2, 0.25) is 0 Å². The Kier molecular flexibility index (Phi) is 20.9. The van der Waals surface area contributed by atoms with Gasteiger partial charge < -0.3 is 28.3 Å². The molecule has 15 heavy (non-hydrogen) atoms. The maximum atomic E-state index is 9.94. The van der Waals surface area contributed by atoms with Crippen LogP contribution < -0.4 is 68.9 Å². The summed E-state index contributed by atoms with van der Waals surface area (Å²) in [6.45, 7) is 3.10. The Morgan fingerprint density at radius 3 is 1.93 bits per heavy atom. The quantitative estimate of drug-likeness (QED) is 0.244. The molecule has 0 aliphatic carbocycles. The Balaban J connectivity index is -0.000000720. The molecule has 0 aliphatic rings. The van der Waals surface area contributed by atoms with E-state index in [2.05, 4.69) is 4.52 Å². The zero-order chi connectivity index (χ0) is 10.2. The van der Waals surface area contributed by atoms with Crippen LogP contribution in [0.1, 0.15) is 6.92 Å². The molecule has 6 nitrogen and oxygen atoms in total. The van der Waals surface area contributed by atoms with Gasteiger partial charge in [-0.2, -0.15) is 0 Å². The number of hydrogen-bond acceptors (Lipinski definition) is 6. The molecule has 0 saturated heterocycles. The second-order valence-corrected chi connectivity index (χ2v) is 3.24. The number of phosphoric ester groups is 1. The summed E-state index contributed by atoms with van der Waals surface area (Å²) < 4.78 is 23.7. The fraction of sp³-hybridized carbons (Fsp3) is 1.00. The predicted octanol–water partition coefficient (Wildman–Crippen LogP) is -7.11. The van der Waals surface area contributed by atoms with Crippen LogP contribution in [0.3, 0.4) is 0 Å². The Hall–Kier alpha value is 2.03. The van der Waals surface area contributed by atoms with E-state index in [1.165, 1.54) is 0 Å². The van der Waals surface area contributed by atoms with Crippen molar-refractivity contribution in [1.82, 2.24) is 0 Å². The molecule has 0 unspecified atom stereocenters. The molecule has 0 heterocycles. The number of ether oxygens (including phenoxy) is 2. The summed E-state index contributed by atoms with van der Waals surface area (Å²) in [6, 6.07) is 0.